The number of hydrogen-bond donors (Lipinski definition) is 2. The number of hydrogen-bond acceptors (Lipinski definition) is 2. The van der Waals surface area contributed by atoms with Crippen LogP contribution in [-0.4, -0.2) is 18.5 Å². The minimum absolute atomic E-state index is 0.0485. The highest BCUT2D eigenvalue weighted by Crippen LogP contribution is 2.19. The molecule has 0 unspecified atom stereocenters. The van der Waals surface area contributed by atoms with Gasteiger partial charge in [0.25, 0.3) is 5.91 Å². The highest BCUT2D eigenvalue weighted by atomic mass is 16.1. The molecule has 0 spiro atoms. The maximum atomic E-state index is 11.5. The minimum Gasteiger partial charge on any atom is -0.383 e. The van der Waals surface area contributed by atoms with E-state index in [1.165, 1.54) is 0 Å². The Kier molecular flexibility index (Phi) is 2.62. The SMILES string of the molecule is CC(C)Nc1ccc2c(c1)CCNC2=O. The minimum atomic E-state index is 0.0485. The molecule has 1 aromatic carbocycles. The lowest BCUT2D eigenvalue weighted by molar-refractivity contribution is 0.0946. The Labute approximate surface area is 89.9 Å². The van der Waals surface area contributed by atoms with Crippen molar-refractivity contribution in [2.75, 3.05) is 11.9 Å². The van der Waals surface area contributed by atoms with E-state index in [1.54, 1.807) is 0 Å². The van der Waals surface area contributed by atoms with Gasteiger partial charge in [0, 0.05) is 23.8 Å². The molecule has 1 heterocycles. The fourth-order valence-electron chi connectivity index (χ4n) is 1.85. The predicted molar refractivity (Wildman–Crippen MR) is 61.2 cm³/mol. The van der Waals surface area contributed by atoms with Gasteiger partial charge in [-0.25, -0.2) is 0 Å². The Morgan fingerprint density at radius 1 is 1.40 bits per heavy atom. The Hall–Kier alpha value is -1.51. The molecule has 15 heavy (non-hydrogen) atoms. The zero-order valence-corrected chi connectivity index (χ0v) is 9.13. The van der Waals surface area contributed by atoms with Crippen molar-refractivity contribution in [3.05, 3.63) is 29.3 Å². The summed E-state index contributed by atoms with van der Waals surface area (Å²) in [4.78, 5) is 11.5. The van der Waals surface area contributed by atoms with Crippen molar-refractivity contribution in [1.82, 2.24) is 5.32 Å². The number of carbonyl (C=O) groups is 1. The third-order valence-corrected chi connectivity index (χ3v) is 2.49. The second-order valence-electron chi connectivity index (χ2n) is 4.18. The highest BCUT2D eigenvalue weighted by Gasteiger charge is 2.16. The topological polar surface area (TPSA) is 41.1 Å². The quantitative estimate of drug-likeness (QED) is 0.771. The van der Waals surface area contributed by atoms with Crippen LogP contribution in [0.4, 0.5) is 5.69 Å². The standard InChI is InChI=1S/C12H16N2O/c1-8(2)14-10-3-4-11-9(7-10)5-6-13-12(11)15/h3-4,7-8,14H,5-6H2,1-2H3,(H,13,15). The first-order chi connectivity index (χ1) is 7.16. The molecule has 1 aromatic rings. The number of nitrogens with one attached hydrogen (secondary N) is 2. The Balaban J connectivity index is 2.29. The van der Waals surface area contributed by atoms with Gasteiger partial charge in [0.15, 0.2) is 0 Å². The van der Waals surface area contributed by atoms with Crippen molar-refractivity contribution in [3.8, 4) is 0 Å². The monoisotopic (exact) mass is 204 g/mol. The number of fused-ring (bicyclic) bond motifs is 1. The van der Waals surface area contributed by atoms with Crippen LogP contribution in [0, 0.1) is 0 Å². The summed E-state index contributed by atoms with van der Waals surface area (Å²) in [5.41, 5.74) is 3.05. The number of anilines is 1. The summed E-state index contributed by atoms with van der Waals surface area (Å²) in [5.74, 6) is 0.0485. The molecule has 80 valence electrons. The molecule has 1 aliphatic heterocycles. The molecular formula is C12H16N2O. The Morgan fingerprint density at radius 3 is 2.93 bits per heavy atom. The molecule has 0 fully saturated rings. The molecule has 0 saturated carbocycles. The second kappa shape index (κ2) is 3.93. The molecular weight excluding hydrogens is 188 g/mol. The van der Waals surface area contributed by atoms with Crippen LogP contribution in [0.25, 0.3) is 0 Å². The van der Waals surface area contributed by atoms with E-state index in [9.17, 15) is 4.79 Å². The molecule has 2 N–H and O–H groups in total. The normalized spacial score (nSPS) is 14.7. The summed E-state index contributed by atoms with van der Waals surface area (Å²) in [6.45, 7) is 4.95. The van der Waals surface area contributed by atoms with Gasteiger partial charge in [-0.05, 0) is 44.0 Å². The van der Waals surface area contributed by atoms with E-state index in [0.717, 1.165) is 29.8 Å². The molecule has 3 nitrogen and oxygen atoms in total. The van der Waals surface area contributed by atoms with Crippen LogP contribution in [-0.2, 0) is 6.42 Å². The molecule has 1 aliphatic rings. The van der Waals surface area contributed by atoms with Crippen molar-refractivity contribution in [1.29, 1.82) is 0 Å². The molecule has 0 bridgehead atoms. The van der Waals surface area contributed by atoms with E-state index in [4.69, 9.17) is 0 Å². The third-order valence-electron chi connectivity index (χ3n) is 2.49. The van der Waals surface area contributed by atoms with E-state index in [1.807, 2.05) is 12.1 Å². The van der Waals surface area contributed by atoms with Crippen LogP contribution < -0.4 is 10.6 Å². The van der Waals surface area contributed by atoms with Gasteiger partial charge < -0.3 is 10.6 Å². The van der Waals surface area contributed by atoms with Crippen LogP contribution in [0.15, 0.2) is 18.2 Å². The lowest BCUT2D eigenvalue weighted by Gasteiger charge is -2.18. The zero-order chi connectivity index (χ0) is 10.8. The first-order valence-electron chi connectivity index (χ1n) is 5.34. The van der Waals surface area contributed by atoms with Crippen molar-refractivity contribution in [2.45, 2.75) is 26.3 Å². The summed E-state index contributed by atoms with van der Waals surface area (Å²) in [6, 6.07) is 6.35. The van der Waals surface area contributed by atoms with E-state index < -0.39 is 0 Å². The Morgan fingerprint density at radius 2 is 2.20 bits per heavy atom. The smallest absolute Gasteiger partial charge is 0.251 e. The molecule has 0 aliphatic carbocycles. The Bertz CT molecular complexity index is 385. The van der Waals surface area contributed by atoms with Gasteiger partial charge in [-0.3, -0.25) is 4.79 Å². The number of benzene rings is 1. The number of amides is 1. The fourth-order valence-corrected chi connectivity index (χ4v) is 1.85. The van der Waals surface area contributed by atoms with Crippen molar-refractivity contribution in [2.24, 2.45) is 0 Å². The maximum absolute atomic E-state index is 11.5. The van der Waals surface area contributed by atoms with E-state index in [0.29, 0.717) is 6.04 Å². The number of rotatable bonds is 2. The average molecular weight is 204 g/mol. The van der Waals surface area contributed by atoms with E-state index in [2.05, 4.69) is 30.5 Å². The summed E-state index contributed by atoms with van der Waals surface area (Å²) in [6.07, 6.45) is 0.925. The van der Waals surface area contributed by atoms with E-state index in [-0.39, 0.29) is 5.91 Å². The van der Waals surface area contributed by atoms with Crippen LogP contribution in [0.2, 0.25) is 0 Å². The fraction of sp³-hybridized carbons (Fsp3) is 0.417. The first kappa shape index (κ1) is 10.0. The number of carbonyl (C=O) groups excluding carboxylic acids is 1. The van der Waals surface area contributed by atoms with Crippen LogP contribution in [0.5, 0.6) is 0 Å². The van der Waals surface area contributed by atoms with Crippen LogP contribution in [0.1, 0.15) is 29.8 Å². The predicted octanol–water partition coefficient (Wildman–Crippen LogP) is 1.79. The van der Waals surface area contributed by atoms with Gasteiger partial charge in [0.2, 0.25) is 0 Å². The molecule has 1 amide bonds. The lowest BCUT2D eigenvalue weighted by atomic mass is 9.99. The molecule has 0 saturated heterocycles. The second-order valence-corrected chi connectivity index (χ2v) is 4.18. The molecule has 0 radical (unpaired) electrons. The van der Waals surface area contributed by atoms with Crippen molar-refractivity contribution in [3.63, 3.8) is 0 Å². The van der Waals surface area contributed by atoms with Crippen molar-refractivity contribution < 1.29 is 4.79 Å². The molecule has 2 rings (SSSR count). The lowest BCUT2D eigenvalue weighted by Crippen LogP contribution is -2.31. The summed E-state index contributed by atoms with van der Waals surface area (Å²) >= 11 is 0. The molecule has 0 atom stereocenters. The zero-order valence-electron chi connectivity index (χ0n) is 9.13. The largest absolute Gasteiger partial charge is 0.383 e. The summed E-state index contributed by atoms with van der Waals surface area (Å²) in [7, 11) is 0. The van der Waals surface area contributed by atoms with Gasteiger partial charge in [-0.2, -0.15) is 0 Å². The van der Waals surface area contributed by atoms with Gasteiger partial charge in [-0.1, -0.05) is 0 Å². The third kappa shape index (κ3) is 2.12. The van der Waals surface area contributed by atoms with Crippen molar-refractivity contribution >= 4 is 11.6 Å². The van der Waals surface area contributed by atoms with Crippen LogP contribution in [0.3, 0.4) is 0 Å². The molecule has 3 heteroatoms. The van der Waals surface area contributed by atoms with Crippen LogP contribution >= 0.6 is 0 Å². The molecule has 0 aromatic heterocycles. The highest BCUT2D eigenvalue weighted by molar-refractivity contribution is 5.97. The summed E-state index contributed by atoms with van der Waals surface area (Å²) < 4.78 is 0. The average Bonchev–Trinajstić information content (AvgIpc) is 2.17. The van der Waals surface area contributed by atoms with Gasteiger partial charge in [-0.15, -0.1) is 0 Å². The first-order valence-corrected chi connectivity index (χ1v) is 5.34. The van der Waals surface area contributed by atoms with Gasteiger partial charge in [0.05, 0.1) is 0 Å². The maximum Gasteiger partial charge on any atom is 0.251 e. The summed E-state index contributed by atoms with van der Waals surface area (Å²) in [5, 5.41) is 6.18. The van der Waals surface area contributed by atoms with Gasteiger partial charge in [0.1, 0.15) is 0 Å². The van der Waals surface area contributed by atoms with Gasteiger partial charge >= 0.3 is 0 Å². The van der Waals surface area contributed by atoms with E-state index >= 15 is 0 Å².